The van der Waals surface area contributed by atoms with Crippen LogP contribution in [0, 0.1) is 0 Å². The molecule has 1 aliphatic carbocycles. The Morgan fingerprint density at radius 3 is 2.31 bits per heavy atom. The van der Waals surface area contributed by atoms with Gasteiger partial charge in [0.15, 0.2) is 0 Å². The summed E-state index contributed by atoms with van der Waals surface area (Å²) >= 11 is 0. The lowest BCUT2D eigenvalue weighted by molar-refractivity contribution is -0.137. The predicted octanol–water partition coefficient (Wildman–Crippen LogP) is 2.05. The number of amides is 2. The van der Waals surface area contributed by atoms with Crippen LogP contribution in [0.1, 0.15) is 23.1 Å². The molecule has 2 aromatic rings. The highest BCUT2D eigenvalue weighted by molar-refractivity contribution is 5.94. The number of rotatable bonds is 6. The van der Waals surface area contributed by atoms with Crippen molar-refractivity contribution in [3.63, 3.8) is 0 Å². The number of hydrogen-bond acceptors (Lipinski definition) is 3. The van der Waals surface area contributed by atoms with Gasteiger partial charge >= 0.3 is 0 Å². The smallest absolute Gasteiger partial charge is 0.244 e. The standard InChI is InChI=1S/C24H29N3O2/c1-26-14-13-21(22(26)28)25-23(29)24(16-19-10-6-7-11-20(19)17-24)27(2)15-12-18-8-4-3-5-9-18/h3-11,21H,12-17H2,1-2H3,(H,25,29)/t21-/m1/s1. The highest BCUT2D eigenvalue weighted by Crippen LogP contribution is 2.35. The van der Waals surface area contributed by atoms with Gasteiger partial charge in [0.2, 0.25) is 11.8 Å². The van der Waals surface area contributed by atoms with Gasteiger partial charge in [-0.2, -0.15) is 0 Å². The summed E-state index contributed by atoms with van der Waals surface area (Å²) in [5.41, 5.74) is 3.06. The molecule has 0 radical (unpaired) electrons. The molecular formula is C24H29N3O2. The quantitative estimate of drug-likeness (QED) is 0.820. The first kappa shape index (κ1) is 19.6. The molecule has 2 amide bonds. The van der Waals surface area contributed by atoms with Gasteiger partial charge in [0, 0.05) is 33.0 Å². The van der Waals surface area contributed by atoms with Crippen molar-refractivity contribution in [3.8, 4) is 0 Å². The fourth-order valence-corrected chi connectivity index (χ4v) is 4.60. The number of nitrogens with one attached hydrogen (secondary N) is 1. The fourth-order valence-electron chi connectivity index (χ4n) is 4.60. The van der Waals surface area contributed by atoms with Crippen LogP contribution in [0.3, 0.4) is 0 Å². The summed E-state index contributed by atoms with van der Waals surface area (Å²) in [6.07, 6.45) is 2.92. The minimum atomic E-state index is -0.653. The van der Waals surface area contributed by atoms with Crippen LogP contribution in [0.2, 0.25) is 0 Å². The number of nitrogens with zero attached hydrogens (tertiary/aromatic N) is 2. The molecule has 5 heteroatoms. The molecule has 2 aromatic carbocycles. The normalized spacial score (nSPS) is 20.2. The number of carbonyl (C=O) groups is 2. The molecule has 1 saturated heterocycles. The van der Waals surface area contributed by atoms with E-state index >= 15 is 0 Å². The average Bonchev–Trinajstić information content (AvgIpc) is 3.29. The molecule has 1 N–H and O–H groups in total. The minimum Gasteiger partial charge on any atom is -0.344 e. The fraction of sp³-hybridized carbons (Fsp3) is 0.417. The second kappa shape index (κ2) is 7.99. The van der Waals surface area contributed by atoms with Crippen LogP contribution in [0.25, 0.3) is 0 Å². The Morgan fingerprint density at radius 1 is 1.10 bits per heavy atom. The van der Waals surface area contributed by atoms with E-state index in [1.165, 1.54) is 16.7 Å². The van der Waals surface area contributed by atoms with Crippen LogP contribution in [-0.4, -0.2) is 60.4 Å². The monoisotopic (exact) mass is 391 g/mol. The highest BCUT2D eigenvalue weighted by Gasteiger charge is 2.48. The van der Waals surface area contributed by atoms with Gasteiger partial charge in [0.25, 0.3) is 0 Å². The summed E-state index contributed by atoms with van der Waals surface area (Å²) in [5, 5.41) is 3.08. The van der Waals surface area contributed by atoms with Gasteiger partial charge < -0.3 is 10.2 Å². The lowest BCUT2D eigenvalue weighted by atomic mass is 9.91. The maximum absolute atomic E-state index is 13.6. The molecule has 2 aliphatic rings. The van der Waals surface area contributed by atoms with Crippen molar-refractivity contribution in [3.05, 3.63) is 71.3 Å². The maximum atomic E-state index is 13.6. The molecule has 0 saturated carbocycles. The second-order valence-corrected chi connectivity index (χ2v) is 8.39. The van der Waals surface area contributed by atoms with E-state index in [1.54, 1.807) is 11.9 Å². The molecule has 0 unspecified atom stereocenters. The summed E-state index contributed by atoms with van der Waals surface area (Å²) in [6.45, 7) is 1.48. The van der Waals surface area contributed by atoms with E-state index in [9.17, 15) is 9.59 Å². The van der Waals surface area contributed by atoms with Crippen molar-refractivity contribution in [2.45, 2.75) is 37.3 Å². The molecule has 0 aromatic heterocycles. The van der Waals surface area contributed by atoms with E-state index in [2.05, 4.69) is 34.5 Å². The van der Waals surface area contributed by atoms with Gasteiger partial charge in [0.1, 0.15) is 11.6 Å². The Bertz CT molecular complexity index is 871. The van der Waals surface area contributed by atoms with Gasteiger partial charge in [-0.15, -0.1) is 0 Å². The van der Waals surface area contributed by atoms with Gasteiger partial charge in [-0.05, 0) is 36.6 Å². The number of benzene rings is 2. The predicted molar refractivity (Wildman–Crippen MR) is 114 cm³/mol. The Kier molecular flexibility index (Phi) is 5.41. The SMILES string of the molecule is CN1CC[C@@H](NC(=O)C2(N(C)CCc3ccccc3)Cc3ccccc3C2)C1=O. The van der Waals surface area contributed by atoms with E-state index in [0.717, 1.165) is 13.0 Å². The average molecular weight is 392 g/mol. The Balaban J connectivity index is 1.55. The molecular weight excluding hydrogens is 362 g/mol. The van der Waals surface area contributed by atoms with Crippen LogP contribution in [0.15, 0.2) is 54.6 Å². The zero-order chi connectivity index (χ0) is 20.4. The molecule has 1 heterocycles. The lowest BCUT2D eigenvalue weighted by Gasteiger charge is -2.38. The van der Waals surface area contributed by atoms with E-state index < -0.39 is 11.6 Å². The molecule has 4 rings (SSSR count). The Hall–Kier alpha value is -2.66. The Labute approximate surface area is 172 Å². The van der Waals surface area contributed by atoms with Crippen LogP contribution in [0.5, 0.6) is 0 Å². The van der Waals surface area contributed by atoms with Crippen molar-refractivity contribution in [1.29, 1.82) is 0 Å². The molecule has 5 nitrogen and oxygen atoms in total. The molecule has 1 fully saturated rings. The van der Waals surface area contributed by atoms with Gasteiger partial charge in [-0.3, -0.25) is 14.5 Å². The van der Waals surface area contributed by atoms with Gasteiger partial charge in [0.05, 0.1) is 0 Å². The largest absolute Gasteiger partial charge is 0.344 e. The third-order valence-corrected chi connectivity index (χ3v) is 6.55. The first-order valence-corrected chi connectivity index (χ1v) is 10.4. The van der Waals surface area contributed by atoms with Crippen molar-refractivity contribution in [1.82, 2.24) is 15.1 Å². The van der Waals surface area contributed by atoms with Crippen LogP contribution in [-0.2, 0) is 28.9 Å². The topological polar surface area (TPSA) is 52.7 Å². The Morgan fingerprint density at radius 2 is 1.72 bits per heavy atom. The van der Waals surface area contributed by atoms with E-state index in [4.69, 9.17) is 0 Å². The van der Waals surface area contributed by atoms with Crippen molar-refractivity contribution in [2.75, 3.05) is 27.2 Å². The number of hydrogen-bond donors (Lipinski definition) is 1. The number of likely N-dealkylation sites (tertiary alicyclic amines) is 1. The second-order valence-electron chi connectivity index (χ2n) is 8.39. The third kappa shape index (κ3) is 3.79. The molecule has 0 bridgehead atoms. The van der Waals surface area contributed by atoms with Gasteiger partial charge in [-0.1, -0.05) is 54.6 Å². The molecule has 0 spiro atoms. The van der Waals surface area contributed by atoms with Crippen LogP contribution in [0.4, 0.5) is 0 Å². The summed E-state index contributed by atoms with van der Waals surface area (Å²) in [7, 11) is 3.83. The number of carbonyl (C=O) groups excluding carboxylic acids is 2. The van der Waals surface area contributed by atoms with Gasteiger partial charge in [-0.25, -0.2) is 0 Å². The van der Waals surface area contributed by atoms with E-state index in [0.29, 0.717) is 25.8 Å². The van der Waals surface area contributed by atoms with E-state index in [-0.39, 0.29) is 11.8 Å². The van der Waals surface area contributed by atoms with Crippen LogP contribution >= 0.6 is 0 Å². The first-order chi connectivity index (χ1) is 14.0. The maximum Gasteiger partial charge on any atom is 0.244 e. The van der Waals surface area contributed by atoms with Crippen molar-refractivity contribution in [2.24, 2.45) is 0 Å². The molecule has 1 atom stereocenters. The lowest BCUT2D eigenvalue weighted by Crippen LogP contribution is -2.61. The third-order valence-electron chi connectivity index (χ3n) is 6.55. The highest BCUT2D eigenvalue weighted by atomic mass is 16.2. The summed E-state index contributed by atoms with van der Waals surface area (Å²) in [4.78, 5) is 29.8. The summed E-state index contributed by atoms with van der Waals surface area (Å²) in [6, 6.07) is 18.2. The molecule has 1 aliphatic heterocycles. The summed E-state index contributed by atoms with van der Waals surface area (Å²) < 4.78 is 0. The zero-order valence-corrected chi connectivity index (χ0v) is 17.2. The van der Waals surface area contributed by atoms with E-state index in [1.807, 2.05) is 37.4 Å². The number of fused-ring (bicyclic) bond motifs is 1. The van der Waals surface area contributed by atoms with Crippen molar-refractivity contribution < 1.29 is 9.59 Å². The first-order valence-electron chi connectivity index (χ1n) is 10.4. The van der Waals surface area contributed by atoms with Crippen molar-refractivity contribution >= 4 is 11.8 Å². The molecule has 152 valence electrons. The zero-order valence-electron chi connectivity index (χ0n) is 17.2. The minimum absolute atomic E-state index is 0.0101. The van der Waals surface area contributed by atoms with Crippen LogP contribution < -0.4 is 5.32 Å². The molecule has 29 heavy (non-hydrogen) atoms. The summed E-state index contributed by atoms with van der Waals surface area (Å²) in [5.74, 6) is -0.0196. The number of likely N-dealkylation sites (N-methyl/N-ethyl adjacent to an activating group) is 2.